The van der Waals surface area contributed by atoms with E-state index in [2.05, 4.69) is 4.99 Å². The maximum absolute atomic E-state index is 12.7. The lowest BCUT2D eigenvalue weighted by Gasteiger charge is -2.26. The Morgan fingerprint density at radius 3 is 2.96 bits per heavy atom. The van der Waals surface area contributed by atoms with Crippen LogP contribution in [0.5, 0.6) is 0 Å². The van der Waals surface area contributed by atoms with Crippen molar-refractivity contribution < 1.29 is 0 Å². The summed E-state index contributed by atoms with van der Waals surface area (Å²) in [5.74, 6) is 0. The average molecular weight is 376 g/mol. The zero-order chi connectivity index (χ0) is 16.7. The Kier molecular flexibility index (Phi) is 4.04. The number of thiophene rings is 1. The van der Waals surface area contributed by atoms with E-state index in [1.165, 1.54) is 11.3 Å². The lowest BCUT2D eigenvalue weighted by molar-refractivity contribution is 0.569. The molecular weight excluding hydrogens is 362 g/mol. The molecule has 1 aliphatic heterocycles. The fraction of sp³-hybridized carbons (Fsp3) is 0.176. The van der Waals surface area contributed by atoms with Crippen LogP contribution in [-0.4, -0.2) is 11.2 Å². The van der Waals surface area contributed by atoms with E-state index in [-0.39, 0.29) is 5.56 Å². The van der Waals surface area contributed by atoms with E-state index >= 15 is 0 Å². The molecule has 0 saturated carbocycles. The Balaban J connectivity index is 1.72. The molecule has 4 nitrogen and oxygen atoms in total. The lowest BCUT2D eigenvalue weighted by Crippen LogP contribution is -2.42. The summed E-state index contributed by atoms with van der Waals surface area (Å²) in [4.78, 5) is 21.1. The molecule has 0 bridgehead atoms. The van der Waals surface area contributed by atoms with Gasteiger partial charge in [-0.2, -0.15) is 0 Å². The van der Waals surface area contributed by atoms with Crippen LogP contribution in [0.25, 0.3) is 6.08 Å². The van der Waals surface area contributed by atoms with Gasteiger partial charge in [-0.3, -0.25) is 9.36 Å². The van der Waals surface area contributed by atoms with Crippen LogP contribution < -0.4 is 19.8 Å². The van der Waals surface area contributed by atoms with Gasteiger partial charge in [-0.1, -0.05) is 35.1 Å². The number of anilines is 1. The van der Waals surface area contributed by atoms with Gasteiger partial charge in [-0.25, -0.2) is 4.99 Å². The standard InChI is InChI=1S/C17H14ClN3OS2/c1-11-4-5-12(7-14(11)18)20-9-19-17-21(10-20)16(22)15(24-17)8-13-3-2-6-23-13/h2-8H,9-10H2,1H3. The van der Waals surface area contributed by atoms with E-state index in [1.807, 2.05) is 53.6 Å². The van der Waals surface area contributed by atoms with Crippen LogP contribution in [0.1, 0.15) is 10.4 Å². The SMILES string of the molecule is Cc1ccc(N2CN=c3sc(=Cc4cccs4)c(=O)n3C2)cc1Cl. The van der Waals surface area contributed by atoms with Crippen molar-refractivity contribution in [3.63, 3.8) is 0 Å². The number of thiazole rings is 1. The maximum Gasteiger partial charge on any atom is 0.271 e. The first-order valence-corrected chi connectivity index (χ1v) is 9.50. The topological polar surface area (TPSA) is 37.6 Å². The monoisotopic (exact) mass is 375 g/mol. The number of fused-ring (bicyclic) bond motifs is 1. The number of benzene rings is 1. The summed E-state index contributed by atoms with van der Waals surface area (Å²) >= 11 is 9.29. The number of rotatable bonds is 2. The van der Waals surface area contributed by atoms with Crippen molar-refractivity contribution in [2.45, 2.75) is 13.6 Å². The van der Waals surface area contributed by atoms with E-state index in [4.69, 9.17) is 11.6 Å². The zero-order valence-corrected chi connectivity index (χ0v) is 15.3. The second-order valence-electron chi connectivity index (χ2n) is 5.56. The van der Waals surface area contributed by atoms with E-state index in [1.54, 1.807) is 15.9 Å². The van der Waals surface area contributed by atoms with Crippen molar-refractivity contribution in [2.75, 3.05) is 11.6 Å². The predicted molar refractivity (Wildman–Crippen MR) is 101 cm³/mol. The molecule has 0 amide bonds. The molecule has 1 aliphatic rings. The van der Waals surface area contributed by atoms with Gasteiger partial charge in [0.2, 0.25) is 0 Å². The lowest BCUT2D eigenvalue weighted by atomic mass is 10.2. The smallest absolute Gasteiger partial charge is 0.271 e. The zero-order valence-electron chi connectivity index (χ0n) is 12.9. The third kappa shape index (κ3) is 2.81. The van der Waals surface area contributed by atoms with Crippen molar-refractivity contribution >= 4 is 46.0 Å². The summed E-state index contributed by atoms with van der Waals surface area (Å²) in [6.45, 7) is 2.99. The Morgan fingerprint density at radius 2 is 2.21 bits per heavy atom. The highest BCUT2D eigenvalue weighted by molar-refractivity contribution is 7.11. The van der Waals surface area contributed by atoms with Gasteiger partial charge in [0.1, 0.15) is 13.3 Å². The Bertz CT molecular complexity index is 1070. The van der Waals surface area contributed by atoms with Crippen molar-refractivity contribution in [3.8, 4) is 0 Å². The largest absolute Gasteiger partial charge is 0.334 e. The second kappa shape index (κ2) is 6.20. The number of aromatic nitrogens is 1. The van der Waals surface area contributed by atoms with E-state index < -0.39 is 0 Å². The number of halogens is 1. The molecule has 0 atom stereocenters. The fourth-order valence-electron chi connectivity index (χ4n) is 2.56. The van der Waals surface area contributed by atoms with Crippen LogP contribution >= 0.6 is 34.3 Å². The molecule has 4 rings (SSSR count). The highest BCUT2D eigenvalue weighted by Crippen LogP contribution is 2.23. The first-order valence-electron chi connectivity index (χ1n) is 7.42. The first-order chi connectivity index (χ1) is 11.6. The molecular formula is C17H14ClN3OS2. The van der Waals surface area contributed by atoms with E-state index in [0.29, 0.717) is 13.3 Å². The first kappa shape index (κ1) is 15.6. The Labute approximate surface area is 151 Å². The van der Waals surface area contributed by atoms with Crippen LogP contribution in [0, 0.1) is 6.92 Å². The number of nitrogens with zero attached hydrogens (tertiary/aromatic N) is 3. The molecule has 0 N–H and O–H groups in total. The molecule has 2 aromatic heterocycles. The summed E-state index contributed by atoms with van der Waals surface area (Å²) < 4.78 is 2.45. The van der Waals surface area contributed by atoms with Gasteiger partial charge in [-0.05, 0) is 42.1 Å². The average Bonchev–Trinajstić information content (AvgIpc) is 3.19. The third-order valence-electron chi connectivity index (χ3n) is 3.91. The predicted octanol–water partition coefficient (Wildman–Crippen LogP) is 2.82. The molecule has 1 aromatic carbocycles. The normalized spacial score (nSPS) is 14.6. The van der Waals surface area contributed by atoms with Gasteiger partial charge in [0.25, 0.3) is 5.56 Å². The summed E-state index contributed by atoms with van der Waals surface area (Å²) in [5.41, 5.74) is 2.02. The van der Waals surface area contributed by atoms with Crippen LogP contribution in [-0.2, 0) is 6.67 Å². The molecule has 0 spiro atoms. The van der Waals surface area contributed by atoms with Gasteiger partial charge in [0.15, 0.2) is 4.80 Å². The number of aryl methyl sites for hydroxylation is 1. The van der Waals surface area contributed by atoms with Gasteiger partial charge in [0.05, 0.1) is 4.53 Å². The summed E-state index contributed by atoms with van der Waals surface area (Å²) in [6, 6.07) is 9.91. The van der Waals surface area contributed by atoms with Crippen molar-refractivity contribution in [1.82, 2.24) is 4.57 Å². The third-order valence-corrected chi connectivity index (χ3v) is 6.18. The van der Waals surface area contributed by atoms with Crippen LogP contribution in [0.2, 0.25) is 5.02 Å². The number of hydrogen-bond acceptors (Lipinski definition) is 5. The molecule has 7 heteroatoms. The van der Waals surface area contributed by atoms with Crippen molar-refractivity contribution in [2.24, 2.45) is 4.99 Å². The minimum absolute atomic E-state index is 0.00931. The Morgan fingerprint density at radius 1 is 1.33 bits per heavy atom. The molecule has 24 heavy (non-hydrogen) atoms. The molecule has 122 valence electrons. The summed E-state index contributed by atoms with van der Waals surface area (Å²) in [7, 11) is 0. The Hall–Kier alpha value is -1.89. The van der Waals surface area contributed by atoms with Crippen LogP contribution in [0.15, 0.2) is 45.5 Å². The summed E-state index contributed by atoms with van der Waals surface area (Å²) in [5, 5.41) is 2.73. The van der Waals surface area contributed by atoms with Gasteiger partial charge >= 0.3 is 0 Å². The number of hydrogen-bond donors (Lipinski definition) is 0. The molecule has 0 radical (unpaired) electrons. The second-order valence-corrected chi connectivity index (χ2v) is 7.95. The minimum atomic E-state index is 0.00931. The fourth-order valence-corrected chi connectivity index (χ4v) is 4.42. The van der Waals surface area contributed by atoms with Crippen molar-refractivity contribution in [1.29, 1.82) is 0 Å². The summed E-state index contributed by atoms with van der Waals surface area (Å²) in [6.07, 6.45) is 1.94. The molecule has 3 heterocycles. The van der Waals surface area contributed by atoms with Crippen molar-refractivity contribution in [3.05, 3.63) is 70.9 Å². The maximum atomic E-state index is 12.7. The van der Waals surface area contributed by atoms with E-state index in [9.17, 15) is 4.79 Å². The van der Waals surface area contributed by atoms with Gasteiger partial charge in [-0.15, -0.1) is 11.3 Å². The molecule has 0 saturated heterocycles. The van der Waals surface area contributed by atoms with Crippen LogP contribution in [0.4, 0.5) is 5.69 Å². The molecule has 3 aromatic rings. The van der Waals surface area contributed by atoms with Gasteiger partial charge in [0, 0.05) is 15.6 Å². The van der Waals surface area contributed by atoms with Crippen LogP contribution in [0.3, 0.4) is 0 Å². The molecule has 0 unspecified atom stereocenters. The highest BCUT2D eigenvalue weighted by atomic mass is 35.5. The van der Waals surface area contributed by atoms with Gasteiger partial charge < -0.3 is 4.90 Å². The molecule has 0 fully saturated rings. The minimum Gasteiger partial charge on any atom is -0.334 e. The highest BCUT2D eigenvalue weighted by Gasteiger charge is 2.16. The quantitative estimate of drug-likeness (QED) is 0.690. The molecule has 0 aliphatic carbocycles. The van der Waals surface area contributed by atoms with E-state index in [0.717, 1.165) is 30.5 Å².